The molecule has 0 aliphatic carbocycles. The molecule has 0 fully saturated rings. The van der Waals surface area contributed by atoms with Gasteiger partial charge >= 0.3 is 0 Å². The van der Waals surface area contributed by atoms with Crippen molar-refractivity contribution in [2.75, 3.05) is 13.7 Å². The van der Waals surface area contributed by atoms with E-state index in [9.17, 15) is 14.0 Å². The number of pyridine rings is 1. The molecule has 0 saturated carbocycles. The first-order valence-electron chi connectivity index (χ1n) is 9.40. The number of hydrogen-bond acceptors (Lipinski definition) is 4. The van der Waals surface area contributed by atoms with Gasteiger partial charge in [-0.15, -0.1) is 0 Å². The Morgan fingerprint density at radius 2 is 1.70 bits per heavy atom. The third-order valence-corrected chi connectivity index (χ3v) is 4.48. The van der Waals surface area contributed by atoms with E-state index in [2.05, 4.69) is 15.6 Å². The summed E-state index contributed by atoms with van der Waals surface area (Å²) in [5, 5.41) is 5.37. The van der Waals surface area contributed by atoms with Crippen molar-refractivity contribution in [2.45, 2.75) is 13.5 Å². The first-order chi connectivity index (χ1) is 14.5. The first kappa shape index (κ1) is 21.0. The van der Waals surface area contributed by atoms with Crippen molar-refractivity contribution in [3.8, 4) is 17.0 Å². The lowest BCUT2D eigenvalue weighted by molar-refractivity contribution is -0.123. The van der Waals surface area contributed by atoms with Gasteiger partial charge < -0.3 is 15.4 Å². The van der Waals surface area contributed by atoms with Crippen LogP contribution in [-0.2, 0) is 11.3 Å². The van der Waals surface area contributed by atoms with E-state index in [1.165, 1.54) is 24.3 Å². The van der Waals surface area contributed by atoms with Crippen LogP contribution in [-0.4, -0.2) is 30.5 Å². The molecule has 0 aliphatic heterocycles. The van der Waals surface area contributed by atoms with Gasteiger partial charge in [0.2, 0.25) is 0 Å². The predicted molar refractivity (Wildman–Crippen MR) is 112 cm³/mol. The number of rotatable bonds is 7. The summed E-state index contributed by atoms with van der Waals surface area (Å²) in [5.74, 6) is -0.365. The number of nitrogens with zero attached hydrogens (tertiary/aromatic N) is 1. The van der Waals surface area contributed by atoms with Gasteiger partial charge in [-0.25, -0.2) is 4.39 Å². The third-order valence-electron chi connectivity index (χ3n) is 4.48. The minimum absolute atomic E-state index is 0.148. The number of carbonyl (C=O) groups is 2. The molecule has 2 aromatic carbocycles. The average molecular weight is 407 g/mol. The molecule has 2 N–H and O–H groups in total. The smallest absolute Gasteiger partial charge is 0.258 e. The number of halogens is 1. The van der Waals surface area contributed by atoms with Gasteiger partial charge in [-0.2, -0.15) is 0 Å². The Morgan fingerprint density at radius 3 is 2.33 bits per heavy atom. The van der Waals surface area contributed by atoms with Crippen LogP contribution in [0.2, 0.25) is 0 Å². The van der Waals surface area contributed by atoms with E-state index < -0.39 is 0 Å². The van der Waals surface area contributed by atoms with Gasteiger partial charge in [0.1, 0.15) is 11.6 Å². The summed E-state index contributed by atoms with van der Waals surface area (Å²) in [7, 11) is 1.59. The highest BCUT2D eigenvalue weighted by molar-refractivity contribution is 5.95. The van der Waals surface area contributed by atoms with Crippen molar-refractivity contribution < 1.29 is 18.7 Å². The standard InChI is InChI=1S/C23H22FN3O3/c1-15-20(23(29)25-2)11-12-21(27-15)17-5-3-16(4-6-17)13-26-22(28)14-30-19-9-7-18(24)8-10-19/h3-12H,13-14H2,1-2H3,(H,25,29)(H,26,28). The molecule has 7 heteroatoms. The third kappa shape index (κ3) is 5.41. The number of amides is 2. The molecule has 1 heterocycles. The van der Waals surface area contributed by atoms with Crippen LogP contribution in [0.25, 0.3) is 11.3 Å². The van der Waals surface area contributed by atoms with E-state index in [4.69, 9.17) is 4.74 Å². The Kier molecular flexibility index (Phi) is 6.75. The molecule has 1 aromatic heterocycles. The molecule has 0 atom stereocenters. The number of hydrogen-bond donors (Lipinski definition) is 2. The SMILES string of the molecule is CNC(=O)c1ccc(-c2ccc(CNC(=O)COc3ccc(F)cc3)cc2)nc1C. The fourth-order valence-corrected chi connectivity index (χ4v) is 2.82. The largest absolute Gasteiger partial charge is 0.484 e. The Labute approximate surface area is 174 Å². The van der Waals surface area contributed by atoms with Gasteiger partial charge in [0.15, 0.2) is 6.61 Å². The first-order valence-corrected chi connectivity index (χ1v) is 9.40. The summed E-state index contributed by atoms with van der Waals surface area (Å²) in [5.41, 5.74) is 3.81. The quantitative estimate of drug-likeness (QED) is 0.630. The van der Waals surface area contributed by atoms with Crippen LogP contribution >= 0.6 is 0 Å². The molecule has 0 radical (unpaired) electrons. The highest BCUT2D eigenvalue weighted by Crippen LogP contribution is 2.20. The summed E-state index contributed by atoms with van der Waals surface area (Å²) in [6.45, 7) is 2.00. The van der Waals surface area contributed by atoms with Gasteiger partial charge in [0.05, 0.1) is 17.0 Å². The van der Waals surface area contributed by atoms with E-state index in [1.807, 2.05) is 24.3 Å². The van der Waals surface area contributed by atoms with Crippen LogP contribution in [0.15, 0.2) is 60.7 Å². The second kappa shape index (κ2) is 9.65. The fourth-order valence-electron chi connectivity index (χ4n) is 2.82. The highest BCUT2D eigenvalue weighted by Gasteiger charge is 2.10. The predicted octanol–water partition coefficient (Wildman–Crippen LogP) is 3.25. The van der Waals surface area contributed by atoms with E-state index in [0.29, 0.717) is 23.6 Å². The van der Waals surface area contributed by atoms with Gasteiger partial charge in [-0.1, -0.05) is 24.3 Å². The zero-order valence-corrected chi connectivity index (χ0v) is 16.7. The highest BCUT2D eigenvalue weighted by atomic mass is 19.1. The number of carbonyl (C=O) groups excluding carboxylic acids is 2. The number of benzene rings is 2. The van der Waals surface area contributed by atoms with Crippen molar-refractivity contribution >= 4 is 11.8 Å². The van der Waals surface area contributed by atoms with Crippen molar-refractivity contribution in [3.05, 3.63) is 83.3 Å². The normalized spacial score (nSPS) is 10.4. The number of aryl methyl sites for hydroxylation is 1. The van der Waals surface area contributed by atoms with Crippen LogP contribution in [0, 0.1) is 12.7 Å². The molecule has 0 aliphatic rings. The fraction of sp³-hybridized carbons (Fsp3) is 0.174. The molecule has 6 nitrogen and oxygen atoms in total. The second-order valence-electron chi connectivity index (χ2n) is 6.62. The summed E-state index contributed by atoms with van der Waals surface area (Å²) in [4.78, 5) is 28.2. The zero-order valence-electron chi connectivity index (χ0n) is 16.7. The van der Waals surface area contributed by atoms with E-state index in [0.717, 1.165) is 16.8 Å². The van der Waals surface area contributed by atoms with Crippen molar-refractivity contribution in [3.63, 3.8) is 0 Å². The lowest BCUT2D eigenvalue weighted by Gasteiger charge is -2.09. The number of nitrogens with one attached hydrogen (secondary N) is 2. The second-order valence-corrected chi connectivity index (χ2v) is 6.62. The van der Waals surface area contributed by atoms with Crippen LogP contribution in [0.4, 0.5) is 4.39 Å². The maximum absolute atomic E-state index is 12.9. The van der Waals surface area contributed by atoms with Gasteiger partial charge in [-0.05, 0) is 48.9 Å². The van der Waals surface area contributed by atoms with Crippen molar-refractivity contribution in [1.82, 2.24) is 15.6 Å². The Hall–Kier alpha value is -3.74. The minimum atomic E-state index is -0.358. The molecule has 2 amide bonds. The Bertz CT molecular complexity index is 1030. The van der Waals surface area contributed by atoms with E-state index in [-0.39, 0.29) is 24.2 Å². The van der Waals surface area contributed by atoms with Crippen LogP contribution < -0.4 is 15.4 Å². The molecule has 3 rings (SSSR count). The van der Waals surface area contributed by atoms with Gasteiger partial charge in [0.25, 0.3) is 11.8 Å². The monoisotopic (exact) mass is 407 g/mol. The summed E-state index contributed by atoms with van der Waals surface area (Å²) >= 11 is 0. The van der Waals surface area contributed by atoms with Crippen molar-refractivity contribution in [1.29, 1.82) is 0 Å². The van der Waals surface area contributed by atoms with Gasteiger partial charge in [0, 0.05) is 19.2 Å². The molecular weight excluding hydrogens is 385 g/mol. The maximum atomic E-state index is 12.9. The molecular formula is C23H22FN3O3. The lowest BCUT2D eigenvalue weighted by Crippen LogP contribution is -2.28. The summed E-state index contributed by atoms with van der Waals surface area (Å²) < 4.78 is 18.2. The lowest BCUT2D eigenvalue weighted by atomic mass is 10.1. The number of aromatic nitrogens is 1. The summed E-state index contributed by atoms with van der Waals surface area (Å²) in [6.07, 6.45) is 0. The molecule has 0 unspecified atom stereocenters. The van der Waals surface area contributed by atoms with Crippen LogP contribution in [0.5, 0.6) is 5.75 Å². The maximum Gasteiger partial charge on any atom is 0.258 e. The molecule has 3 aromatic rings. The molecule has 30 heavy (non-hydrogen) atoms. The molecule has 0 spiro atoms. The zero-order chi connectivity index (χ0) is 21.5. The Morgan fingerprint density at radius 1 is 1.00 bits per heavy atom. The van der Waals surface area contributed by atoms with E-state index in [1.54, 1.807) is 26.1 Å². The number of ether oxygens (including phenoxy) is 1. The Balaban J connectivity index is 1.54. The average Bonchev–Trinajstić information content (AvgIpc) is 2.77. The van der Waals surface area contributed by atoms with Crippen LogP contribution in [0.1, 0.15) is 21.6 Å². The molecule has 0 bridgehead atoms. The topological polar surface area (TPSA) is 80.3 Å². The molecule has 154 valence electrons. The molecule has 0 saturated heterocycles. The minimum Gasteiger partial charge on any atom is -0.484 e. The van der Waals surface area contributed by atoms with Gasteiger partial charge in [-0.3, -0.25) is 14.6 Å². The summed E-state index contributed by atoms with van der Waals surface area (Å²) in [6, 6.07) is 16.7. The van der Waals surface area contributed by atoms with E-state index >= 15 is 0 Å². The van der Waals surface area contributed by atoms with Crippen molar-refractivity contribution in [2.24, 2.45) is 0 Å². The van der Waals surface area contributed by atoms with Crippen LogP contribution in [0.3, 0.4) is 0 Å².